The largest absolute Gasteiger partial charge is 0.490 e. The lowest BCUT2D eigenvalue weighted by Crippen LogP contribution is -2.40. The predicted octanol–water partition coefficient (Wildman–Crippen LogP) is 3.31. The lowest BCUT2D eigenvalue weighted by molar-refractivity contribution is 0.00679. The van der Waals surface area contributed by atoms with E-state index >= 15 is 0 Å². The van der Waals surface area contributed by atoms with Gasteiger partial charge in [-0.2, -0.15) is 0 Å². The third kappa shape index (κ3) is 4.61. The van der Waals surface area contributed by atoms with Gasteiger partial charge in [0.05, 0.1) is 25.9 Å². The lowest BCUT2D eigenvalue weighted by Gasteiger charge is -2.29. The first-order chi connectivity index (χ1) is 10.2. The van der Waals surface area contributed by atoms with Crippen molar-refractivity contribution in [3.8, 4) is 11.5 Å². The van der Waals surface area contributed by atoms with E-state index in [0.29, 0.717) is 19.3 Å². The van der Waals surface area contributed by atoms with E-state index in [9.17, 15) is 0 Å². The van der Waals surface area contributed by atoms with Crippen molar-refractivity contribution in [1.29, 1.82) is 0 Å². The number of hydrogen-bond acceptors (Lipinski definition) is 4. The van der Waals surface area contributed by atoms with Crippen LogP contribution < -0.4 is 14.8 Å². The second kappa shape index (κ2) is 8.25. The standard InChI is InChI=1S/C17H27NO3/c1-4-8-19-15-7-6-14(10-16(15)20-9-5-2)17-11-18-13(3)12-21-17/h6-7,10,13,17-18H,4-5,8-9,11-12H2,1-3H3. The molecule has 2 unspecified atom stereocenters. The molecule has 1 aromatic carbocycles. The van der Waals surface area contributed by atoms with Crippen molar-refractivity contribution in [2.75, 3.05) is 26.4 Å². The minimum atomic E-state index is 0.0883. The molecule has 1 aliphatic heterocycles. The van der Waals surface area contributed by atoms with Crippen LogP contribution in [0.4, 0.5) is 0 Å². The molecule has 0 spiro atoms. The third-order valence-electron chi connectivity index (χ3n) is 3.46. The average molecular weight is 293 g/mol. The highest BCUT2D eigenvalue weighted by molar-refractivity contribution is 5.43. The SMILES string of the molecule is CCCOc1ccc(C2CNC(C)CO2)cc1OCCC. The van der Waals surface area contributed by atoms with Crippen LogP contribution in [0.2, 0.25) is 0 Å². The summed E-state index contributed by atoms with van der Waals surface area (Å²) >= 11 is 0. The summed E-state index contributed by atoms with van der Waals surface area (Å²) in [5, 5.41) is 3.45. The minimum absolute atomic E-state index is 0.0883. The van der Waals surface area contributed by atoms with Crippen molar-refractivity contribution in [2.24, 2.45) is 0 Å². The van der Waals surface area contributed by atoms with Gasteiger partial charge in [0, 0.05) is 12.6 Å². The number of morpholine rings is 1. The van der Waals surface area contributed by atoms with Crippen molar-refractivity contribution >= 4 is 0 Å². The molecule has 0 aliphatic carbocycles. The van der Waals surface area contributed by atoms with Crippen LogP contribution in [0.25, 0.3) is 0 Å². The maximum atomic E-state index is 5.90. The monoisotopic (exact) mass is 293 g/mol. The number of hydrogen-bond donors (Lipinski definition) is 1. The molecule has 1 aromatic rings. The van der Waals surface area contributed by atoms with E-state index in [0.717, 1.165) is 43.1 Å². The molecule has 0 aromatic heterocycles. The van der Waals surface area contributed by atoms with E-state index in [2.05, 4.69) is 38.2 Å². The Morgan fingerprint density at radius 3 is 2.48 bits per heavy atom. The molecular weight excluding hydrogens is 266 g/mol. The molecule has 1 fully saturated rings. The molecule has 4 nitrogen and oxygen atoms in total. The van der Waals surface area contributed by atoms with Crippen molar-refractivity contribution in [1.82, 2.24) is 5.32 Å². The Labute approximate surface area is 127 Å². The first-order valence-corrected chi connectivity index (χ1v) is 7.99. The van der Waals surface area contributed by atoms with Crippen LogP contribution in [0.1, 0.15) is 45.3 Å². The summed E-state index contributed by atoms with van der Waals surface area (Å²) in [4.78, 5) is 0. The molecule has 1 saturated heterocycles. The van der Waals surface area contributed by atoms with Gasteiger partial charge in [0.25, 0.3) is 0 Å². The van der Waals surface area contributed by atoms with Crippen LogP contribution >= 0.6 is 0 Å². The summed E-state index contributed by atoms with van der Waals surface area (Å²) in [6.07, 6.45) is 2.06. The quantitative estimate of drug-likeness (QED) is 0.837. The molecule has 2 rings (SSSR count). The maximum Gasteiger partial charge on any atom is 0.161 e. The zero-order valence-corrected chi connectivity index (χ0v) is 13.4. The van der Waals surface area contributed by atoms with Gasteiger partial charge in [-0.1, -0.05) is 19.9 Å². The molecule has 2 atom stereocenters. The Kier molecular flexibility index (Phi) is 6.33. The first kappa shape index (κ1) is 16.1. The van der Waals surface area contributed by atoms with Gasteiger partial charge in [0.1, 0.15) is 0 Å². The van der Waals surface area contributed by atoms with E-state index in [1.807, 2.05) is 6.07 Å². The van der Waals surface area contributed by atoms with Crippen molar-refractivity contribution in [3.63, 3.8) is 0 Å². The Bertz CT molecular complexity index is 428. The van der Waals surface area contributed by atoms with Gasteiger partial charge < -0.3 is 19.5 Å². The van der Waals surface area contributed by atoms with E-state index in [1.165, 1.54) is 0 Å². The Balaban J connectivity index is 2.11. The molecule has 0 amide bonds. The van der Waals surface area contributed by atoms with Gasteiger partial charge in [-0.25, -0.2) is 0 Å². The number of rotatable bonds is 7. The highest BCUT2D eigenvalue weighted by Crippen LogP contribution is 2.32. The topological polar surface area (TPSA) is 39.7 Å². The number of nitrogens with one attached hydrogen (secondary N) is 1. The van der Waals surface area contributed by atoms with E-state index < -0.39 is 0 Å². The van der Waals surface area contributed by atoms with Crippen LogP contribution in [0.15, 0.2) is 18.2 Å². The van der Waals surface area contributed by atoms with Gasteiger partial charge in [-0.15, -0.1) is 0 Å². The van der Waals surface area contributed by atoms with Crippen molar-refractivity contribution in [2.45, 2.75) is 45.8 Å². The molecule has 1 N–H and O–H groups in total. The van der Waals surface area contributed by atoms with Crippen LogP contribution in [-0.4, -0.2) is 32.4 Å². The van der Waals surface area contributed by atoms with Gasteiger partial charge in [-0.05, 0) is 37.5 Å². The first-order valence-electron chi connectivity index (χ1n) is 7.99. The fourth-order valence-corrected chi connectivity index (χ4v) is 2.28. The lowest BCUT2D eigenvalue weighted by atomic mass is 10.1. The van der Waals surface area contributed by atoms with Crippen molar-refractivity contribution in [3.05, 3.63) is 23.8 Å². The predicted molar refractivity (Wildman–Crippen MR) is 84.2 cm³/mol. The van der Waals surface area contributed by atoms with Gasteiger partial charge in [0.2, 0.25) is 0 Å². The van der Waals surface area contributed by atoms with Crippen LogP contribution in [0.3, 0.4) is 0 Å². The Hall–Kier alpha value is -1.26. The number of benzene rings is 1. The second-order valence-corrected chi connectivity index (χ2v) is 5.53. The highest BCUT2D eigenvalue weighted by atomic mass is 16.5. The molecule has 0 saturated carbocycles. The minimum Gasteiger partial charge on any atom is -0.490 e. The van der Waals surface area contributed by atoms with Crippen molar-refractivity contribution < 1.29 is 14.2 Å². The van der Waals surface area contributed by atoms with Gasteiger partial charge in [0.15, 0.2) is 11.5 Å². The van der Waals surface area contributed by atoms with E-state index in [1.54, 1.807) is 0 Å². The molecule has 0 bridgehead atoms. The molecule has 21 heavy (non-hydrogen) atoms. The fourth-order valence-electron chi connectivity index (χ4n) is 2.28. The molecule has 1 heterocycles. The van der Waals surface area contributed by atoms with E-state index in [4.69, 9.17) is 14.2 Å². The summed E-state index contributed by atoms with van der Waals surface area (Å²) in [5.41, 5.74) is 1.14. The van der Waals surface area contributed by atoms with Crippen LogP contribution in [0.5, 0.6) is 11.5 Å². The number of ether oxygens (including phenoxy) is 3. The average Bonchev–Trinajstić information content (AvgIpc) is 2.52. The molecule has 118 valence electrons. The zero-order valence-electron chi connectivity index (χ0n) is 13.4. The zero-order chi connectivity index (χ0) is 15.1. The summed E-state index contributed by atoms with van der Waals surface area (Å²) in [7, 11) is 0. The molecule has 4 heteroatoms. The van der Waals surface area contributed by atoms with Gasteiger partial charge in [-0.3, -0.25) is 0 Å². The van der Waals surface area contributed by atoms with Crippen LogP contribution in [0, 0.1) is 0 Å². The summed E-state index contributed by atoms with van der Waals surface area (Å²) in [6.45, 7) is 9.32. The summed E-state index contributed by atoms with van der Waals surface area (Å²) in [6, 6.07) is 6.55. The molecule has 1 aliphatic rings. The maximum absolute atomic E-state index is 5.90. The molecule has 0 radical (unpaired) electrons. The molecular formula is C17H27NO3. The smallest absolute Gasteiger partial charge is 0.161 e. The van der Waals surface area contributed by atoms with Gasteiger partial charge >= 0.3 is 0 Å². The third-order valence-corrected chi connectivity index (χ3v) is 3.46. The van der Waals surface area contributed by atoms with Crippen LogP contribution in [-0.2, 0) is 4.74 Å². The summed E-state index contributed by atoms with van der Waals surface area (Å²) < 4.78 is 17.5. The normalized spacial score (nSPS) is 22.0. The Morgan fingerprint density at radius 1 is 1.14 bits per heavy atom. The Morgan fingerprint density at radius 2 is 1.86 bits per heavy atom. The summed E-state index contributed by atoms with van der Waals surface area (Å²) in [5.74, 6) is 1.65. The fraction of sp³-hybridized carbons (Fsp3) is 0.647. The second-order valence-electron chi connectivity index (χ2n) is 5.53. The highest BCUT2D eigenvalue weighted by Gasteiger charge is 2.21. The van der Waals surface area contributed by atoms with E-state index in [-0.39, 0.29) is 6.10 Å².